The zero-order valence-electron chi connectivity index (χ0n) is 7.30. The van der Waals surface area contributed by atoms with Crippen LogP contribution in [0.5, 0.6) is 0 Å². The third-order valence-corrected chi connectivity index (χ3v) is 2.33. The van der Waals surface area contributed by atoms with Gasteiger partial charge in [0.25, 0.3) is 0 Å². The van der Waals surface area contributed by atoms with E-state index < -0.39 is 16.2 Å². The Labute approximate surface area is 80.3 Å². The van der Waals surface area contributed by atoms with Crippen LogP contribution < -0.4 is 5.32 Å². The second-order valence-electron chi connectivity index (χ2n) is 2.54. The van der Waals surface area contributed by atoms with Crippen LogP contribution in [-0.2, 0) is 15.6 Å². The van der Waals surface area contributed by atoms with Gasteiger partial charge in [-0.1, -0.05) is 0 Å². The molecule has 1 N–H and O–H groups in total. The molecule has 0 bridgehead atoms. The van der Waals surface area contributed by atoms with E-state index in [-0.39, 0.29) is 5.91 Å². The number of halogens is 1. The molecule has 0 aliphatic heterocycles. The summed E-state index contributed by atoms with van der Waals surface area (Å²) in [4.78, 5) is 10.9. The number of carbonyl (C=O) groups excluding carboxylic acids is 1. The number of carbonyl (C=O) groups is 1. The number of nitrogens with one attached hydrogen (secondary N) is 1. The van der Waals surface area contributed by atoms with Crippen LogP contribution in [0.15, 0.2) is 0 Å². The quantitative estimate of drug-likeness (QED) is 0.532. The van der Waals surface area contributed by atoms with E-state index in [2.05, 4.69) is 5.32 Å². The second kappa shape index (κ2) is 6.43. The number of amides is 1. The Morgan fingerprint density at radius 3 is 2.67 bits per heavy atom. The van der Waals surface area contributed by atoms with E-state index in [1.165, 1.54) is 0 Å². The third kappa shape index (κ3) is 6.61. The molecule has 12 heavy (non-hydrogen) atoms. The predicted molar refractivity (Wildman–Crippen MR) is 51.9 cm³/mol. The fraction of sp³-hybridized carbons (Fsp3) is 0.857. The second-order valence-corrected chi connectivity index (χ2v) is 4.75. The van der Waals surface area contributed by atoms with Crippen LogP contribution in [0.4, 0.5) is 0 Å². The van der Waals surface area contributed by atoms with Crippen molar-refractivity contribution >= 4 is 28.3 Å². The van der Waals surface area contributed by atoms with Crippen LogP contribution in [0.3, 0.4) is 0 Å². The van der Waals surface area contributed by atoms with Crippen molar-refractivity contribution in [2.75, 3.05) is 18.6 Å². The van der Waals surface area contributed by atoms with Crippen molar-refractivity contribution in [3.63, 3.8) is 0 Å². The van der Waals surface area contributed by atoms with Crippen molar-refractivity contribution in [3.05, 3.63) is 0 Å². The Hall–Kier alpha value is -0.0900. The Morgan fingerprint density at radius 2 is 2.25 bits per heavy atom. The molecule has 0 fully saturated rings. The average Bonchev–Trinajstić information content (AvgIpc) is 1.97. The third-order valence-electron chi connectivity index (χ3n) is 1.27. The molecule has 0 spiro atoms. The molecule has 0 saturated heterocycles. The smallest absolute Gasteiger partial charge is 0.237 e. The van der Waals surface area contributed by atoms with Gasteiger partial charge in [-0.2, -0.15) is 0 Å². The summed E-state index contributed by atoms with van der Waals surface area (Å²) in [6.07, 6.45) is 2.38. The lowest BCUT2D eigenvalue weighted by Gasteiger charge is -2.04. The summed E-state index contributed by atoms with van der Waals surface area (Å²) < 4.78 is 10.6. The maximum Gasteiger partial charge on any atom is 0.237 e. The van der Waals surface area contributed by atoms with Gasteiger partial charge >= 0.3 is 0 Å². The molecular weight excluding hydrogens is 198 g/mol. The van der Waals surface area contributed by atoms with Crippen molar-refractivity contribution in [2.45, 2.75) is 18.7 Å². The van der Waals surface area contributed by atoms with E-state index in [9.17, 15) is 9.00 Å². The van der Waals surface area contributed by atoms with E-state index in [1.54, 1.807) is 13.2 Å². The molecule has 1 amide bonds. The average molecular weight is 212 g/mol. The molecule has 0 rings (SSSR count). The van der Waals surface area contributed by atoms with Crippen molar-refractivity contribution < 1.29 is 9.00 Å². The Morgan fingerprint density at radius 1 is 1.67 bits per heavy atom. The lowest BCUT2D eigenvalue weighted by Crippen LogP contribution is -2.30. The number of hydrogen-bond donors (Lipinski definition) is 1. The molecule has 0 heterocycles. The Balaban J connectivity index is 3.32. The van der Waals surface area contributed by atoms with Gasteiger partial charge in [0, 0.05) is 29.4 Å². The minimum absolute atomic E-state index is 0.168. The van der Waals surface area contributed by atoms with Gasteiger partial charge in [-0.3, -0.25) is 9.00 Å². The van der Waals surface area contributed by atoms with Gasteiger partial charge < -0.3 is 5.32 Å². The van der Waals surface area contributed by atoms with Crippen LogP contribution in [0.25, 0.3) is 0 Å². The molecule has 2 unspecified atom stereocenters. The molecule has 0 saturated carbocycles. The van der Waals surface area contributed by atoms with E-state index in [1.807, 2.05) is 0 Å². The first-order valence-corrected chi connectivity index (χ1v) is 5.92. The SMILES string of the molecule is CC(Cl)C(=O)NCCCS(C)=O. The summed E-state index contributed by atoms with van der Waals surface area (Å²) in [5.74, 6) is 0.454. The van der Waals surface area contributed by atoms with E-state index in [4.69, 9.17) is 11.6 Å². The fourth-order valence-corrected chi connectivity index (χ4v) is 1.26. The van der Waals surface area contributed by atoms with E-state index in [0.717, 1.165) is 6.42 Å². The van der Waals surface area contributed by atoms with Crippen molar-refractivity contribution in [2.24, 2.45) is 0 Å². The summed E-state index contributed by atoms with van der Waals surface area (Å²) in [5, 5.41) is 2.14. The number of hydrogen-bond acceptors (Lipinski definition) is 2. The zero-order chi connectivity index (χ0) is 9.56. The maximum absolute atomic E-state index is 10.9. The summed E-state index contributed by atoms with van der Waals surface area (Å²) >= 11 is 5.50. The highest BCUT2D eigenvalue weighted by Gasteiger charge is 2.06. The van der Waals surface area contributed by atoms with Crippen LogP contribution in [0.1, 0.15) is 13.3 Å². The lowest BCUT2D eigenvalue weighted by molar-refractivity contribution is -0.120. The maximum atomic E-state index is 10.9. The van der Waals surface area contributed by atoms with Crippen LogP contribution in [0.2, 0.25) is 0 Å². The minimum atomic E-state index is -0.775. The van der Waals surface area contributed by atoms with Crippen molar-refractivity contribution in [1.82, 2.24) is 5.32 Å². The van der Waals surface area contributed by atoms with Crippen LogP contribution in [0, 0.1) is 0 Å². The van der Waals surface area contributed by atoms with Gasteiger partial charge in [-0.15, -0.1) is 11.6 Å². The molecule has 0 aliphatic rings. The van der Waals surface area contributed by atoms with Gasteiger partial charge in [-0.05, 0) is 13.3 Å². The first kappa shape index (κ1) is 11.9. The standard InChI is InChI=1S/C7H14ClNO2S/c1-6(8)7(10)9-4-3-5-12(2)11/h6H,3-5H2,1-2H3,(H,9,10). The van der Waals surface area contributed by atoms with Gasteiger partial charge in [-0.25, -0.2) is 0 Å². The first-order valence-electron chi connectivity index (χ1n) is 3.76. The highest BCUT2D eigenvalue weighted by molar-refractivity contribution is 7.84. The van der Waals surface area contributed by atoms with Gasteiger partial charge in [0.2, 0.25) is 5.91 Å². The summed E-state index contributed by atoms with van der Waals surface area (Å²) in [6.45, 7) is 2.17. The van der Waals surface area contributed by atoms with Gasteiger partial charge in [0.15, 0.2) is 0 Å². The molecular formula is C7H14ClNO2S. The van der Waals surface area contributed by atoms with E-state index >= 15 is 0 Å². The molecule has 0 aromatic carbocycles. The molecule has 0 radical (unpaired) electrons. The molecule has 0 aromatic rings. The molecule has 5 heteroatoms. The van der Waals surface area contributed by atoms with Gasteiger partial charge in [0.05, 0.1) is 0 Å². The molecule has 3 nitrogen and oxygen atoms in total. The topological polar surface area (TPSA) is 46.2 Å². The lowest BCUT2D eigenvalue weighted by atomic mass is 10.4. The monoisotopic (exact) mass is 211 g/mol. The summed E-state index contributed by atoms with van der Waals surface area (Å²) in [5.41, 5.74) is 0. The fourth-order valence-electron chi connectivity index (χ4n) is 0.628. The normalized spacial score (nSPS) is 15.2. The first-order chi connectivity index (χ1) is 5.54. The van der Waals surface area contributed by atoms with Crippen molar-refractivity contribution in [3.8, 4) is 0 Å². The number of rotatable bonds is 5. The van der Waals surface area contributed by atoms with Gasteiger partial charge in [0.1, 0.15) is 5.38 Å². The Bertz CT molecular complexity index is 173. The molecule has 72 valence electrons. The summed E-state index contributed by atoms with van der Waals surface area (Å²) in [7, 11) is -0.775. The van der Waals surface area contributed by atoms with Crippen molar-refractivity contribution in [1.29, 1.82) is 0 Å². The van der Waals surface area contributed by atoms with E-state index in [0.29, 0.717) is 12.3 Å². The zero-order valence-corrected chi connectivity index (χ0v) is 8.87. The molecule has 0 aromatic heterocycles. The number of alkyl halides is 1. The largest absolute Gasteiger partial charge is 0.355 e. The minimum Gasteiger partial charge on any atom is -0.355 e. The highest BCUT2D eigenvalue weighted by Crippen LogP contribution is 1.92. The van der Waals surface area contributed by atoms with Crippen LogP contribution in [-0.4, -0.2) is 34.0 Å². The van der Waals surface area contributed by atoms with Crippen LogP contribution >= 0.6 is 11.6 Å². The predicted octanol–water partition coefficient (Wildman–Crippen LogP) is 0.498. The summed E-state index contributed by atoms with van der Waals surface area (Å²) in [6, 6.07) is 0. The Kier molecular flexibility index (Phi) is 6.38. The highest BCUT2D eigenvalue weighted by atomic mass is 35.5. The molecule has 0 aliphatic carbocycles. The molecule has 2 atom stereocenters.